The molecule has 1 amide bonds. The molecule has 3 aromatic carbocycles. The van der Waals surface area contributed by atoms with Gasteiger partial charge in [-0.25, -0.2) is 4.68 Å². The van der Waals surface area contributed by atoms with Gasteiger partial charge in [-0.3, -0.25) is 4.79 Å². The van der Waals surface area contributed by atoms with Crippen LogP contribution in [0.1, 0.15) is 17.2 Å². The Balaban J connectivity index is 1.52. The van der Waals surface area contributed by atoms with Crippen molar-refractivity contribution in [1.29, 1.82) is 0 Å². The van der Waals surface area contributed by atoms with E-state index in [9.17, 15) is 4.79 Å². The summed E-state index contributed by atoms with van der Waals surface area (Å²) >= 11 is 1.39. The van der Waals surface area contributed by atoms with Crippen LogP contribution in [0.3, 0.4) is 0 Å². The molecule has 0 bridgehead atoms. The van der Waals surface area contributed by atoms with Gasteiger partial charge in [-0.05, 0) is 24.6 Å². The smallest absolute Gasteiger partial charge is 0.240 e. The Kier molecular flexibility index (Phi) is 5.75. The van der Waals surface area contributed by atoms with Gasteiger partial charge in [0.05, 0.1) is 18.8 Å². The van der Waals surface area contributed by atoms with Gasteiger partial charge in [0.2, 0.25) is 11.1 Å². The number of carbonyl (C=O) groups excluding carboxylic acids is 1. The standard InChI is InChI=1S/C25H23N5O2S/c1-16-12-14-17(15-13-16)21-22(24(31)26-19-10-6-7-11-20(19)32-2)33-25-28-27-23(30(25)29-21)18-8-4-3-5-9-18/h3-15,21-22,29H,1-2H3,(H,26,31)/t21-,22+/m1/s1. The first-order valence-electron chi connectivity index (χ1n) is 10.6. The van der Waals surface area contributed by atoms with Crippen LogP contribution in [0.2, 0.25) is 0 Å². The van der Waals surface area contributed by atoms with Crippen LogP contribution in [-0.4, -0.2) is 33.1 Å². The molecule has 1 aliphatic rings. The fraction of sp³-hybridized carbons (Fsp3) is 0.160. The molecule has 7 nitrogen and oxygen atoms in total. The Morgan fingerprint density at radius 1 is 1.00 bits per heavy atom. The van der Waals surface area contributed by atoms with E-state index in [4.69, 9.17) is 4.74 Å². The van der Waals surface area contributed by atoms with Gasteiger partial charge in [-0.1, -0.05) is 84.1 Å². The van der Waals surface area contributed by atoms with Gasteiger partial charge in [0.15, 0.2) is 5.82 Å². The number of hydrogen-bond donors (Lipinski definition) is 2. The van der Waals surface area contributed by atoms with Crippen molar-refractivity contribution < 1.29 is 9.53 Å². The van der Waals surface area contributed by atoms with E-state index in [-0.39, 0.29) is 11.9 Å². The Bertz CT molecular complexity index is 1270. The first kappa shape index (κ1) is 21.1. The zero-order valence-electron chi connectivity index (χ0n) is 18.2. The fourth-order valence-electron chi connectivity index (χ4n) is 3.81. The third-order valence-corrected chi connectivity index (χ3v) is 6.74. The van der Waals surface area contributed by atoms with E-state index >= 15 is 0 Å². The van der Waals surface area contributed by atoms with Gasteiger partial charge in [-0.2, -0.15) is 0 Å². The highest BCUT2D eigenvalue weighted by Gasteiger charge is 2.38. The Morgan fingerprint density at radius 2 is 1.73 bits per heavy atom. The largest absolute Gasteiger partial charge is 0.495 e. The summed E-state index contributed by atoms with van der Waals surface area (Å²) in [6, 6.07) is 25.2. The van der Waals surface area contributed by atoms with Gasteiger partial charge in [0.25, 0.3) is 0 Å². The lowest BCUT2D eigenvalue weighted by Crippen LogP contribution is -2.41. The summed E-state index contributed by atoms with van der Waals surface area (Å²) in [5, 5.41) is 11.9. The lowest BCUT2D eigenvalue weighted by atomic mass is 10.0. The van der Waals surface area contributed by atoms with Crippen LogP contribution < -0.4 is 15.5 Å². The molecule has 2 atom stereocenters. The van der Waals surface area contributed by atoms with Crippen molar-refractivity contribution in [2.24, 2.45) is 0 Å². The molecule has 1 aliphatic heterocycles. The average Bonchev–Trinajstić information content (AvgIpc) is 3.27. The number of carbonyl (C=O) groups is 1. The lowest BCUT2D eigenvalue weighted by Gasteiger charge is -2.33. The Labute approximate surface area is 196 Å². The van der Waals surface area contributed by atoms with E-state index in [0.717, 1.165) is 16.7 Å². The minimum absolute atomic E-state index is 0.141. The van der Waals surface area contributed by atoms with Gasteiger partial charge < -0.3 is 15.5 Å². The maximum atomic E-state index is 13.5. The molecule has 0 saturated carbocycles. The van der Waals surface area contributed by atoms with Crippen LogP contribution >= 0.6 is 11.8 Å². The summed E-state index contributed by atoms with van der Waals surface area (Å²) < 4.78 is 7.28. The summed E-state index contributed by atoms with van der Waals surface area (Å²) in [6.45, 7) is 2.05. The third-order valence-electron chi connectivity index (χ3n) is 5.53. The van der Waals surface area contributed by atoms with Crippen molar-refractivity contribution in [2.45, 2.75) is 23.4 Å². The zero-order chi connectivity index (χ0) is 22.8. The highest BCUT2D eigenvalue weighted by Crippen LogP contribution is 2.39. The predicted molar refractivity (Wildman–Crippen MR) is 130 cm³/mol. The molecule has 0 saturated heterocycles. The number of amides is 1. The molecule has 8 heteroatoms. The molecular weight excluding hydrogens is 434 g/mol. The highest BCUT2D eigenvalue weighted by molar-refractivity contribution is 8.00. The number of thioether (sulfide) groups is 1. The maximum absolute atomic E-state index is 13.5. The first-order chi connectivity index (χ1) is 16.1. The van der Waals surface area contributed by atoms with Crippen LogP contribution in [0.5, 0.6) is 5.75 Å². The van der Waals surface area contributed by atoms with Crippen LogP contribution in [0.15, 0.2) is 84.0 Å². The molecule has 33 heavy (non-hydrogen) atoms. The number of hydrogen-bond acceptors (Lipinski definition) is 6. The number of anilines is 1. The maximum Gasteiger partial charge on any atom is 0.240 e. The molecule has 2 heterocycles. The van der Waals surface area contributed by atoms with Gasteiger partial charge in [0, 0.05) is 5.56 Å². The molecule has 5 rings (SSSR count). The zero-order valence-corrected chi connectivity index (χ0v) is 19.0. The van der Waals surface area contributed by atoms with Crippen molar-refractivity contribution in [2.75, 3.05) is 17.9 Å². The van der Waals surface area contributed by atoms with E-state index < -0.39 is 5.25 Å². The average molecular weight is 458 g/mol. The number of rotatable bonds is 5. The summed E-state index contributed by atoms with van der Waals surface area (Å²) in [5.41, 5.74) is 7.25. The van der Waals surface area contributed by atoms with E-state index in [1.807, 2.05) is 66.2 Å². The number of ether oxygens (including phenoxy) is 1. The quantitative estimate of drug-likeness (QED) is 0.454. The monoisotopic (exact) mass is 457 g/mol. The molecule has 166 valence electrons. The van der Waals surface area contributed by atoms with Crippen molar-refractivity contribution in [1.82, 2.24) is 14.9 Å². The number of fused-ring (bicyclic) bond motifs is 1. The Hall–Kier alpha value is -3.78. The normalized spacial score (nSPS) is 17.0. The second kappa shape index (κ2) is 8.99. The number of nitrogens with one attached hydrogen (secondary N) is 2. The fourth-order valence-corrected chi connectivity index (χ4v) is 4.88. The van der Waals surface area contributed by atoms with Crippen LogP contribution in [-0.2, 0) is 4.79 Å². The third kappa shape index (κ3) is 4.17. The number of aryl methyl sites for hydroxylation is 1. The number of para-hydroxylation sites is 2. The SMILES string of the molecule is COc1ccccc1NC(=O)[C@H]1Sc2nnc(-c3ccccc3)n2N[C@@H]1c1ccc(C)cc1. The second-order valence-electron chi connectivity index (χ2n) is 7.75. The lowest BCUT2D eigenvalue weighted by molar-refractivity contribution is -0.116. The number of nitrogens with zero attached hydrogens (tertiary/aromatic N) is 3. The van der Waals surface area contributed by atoms with E-state index in [0.29, 0.717) is 22.4 Å². The van der Waals surface area contributed by atoms with Crippen LogP contribution in [0.4, 0.5) is 5.69 Å². The summed E-state index contributed by atoms with van der Waals surface area (Å²) in [4.78, 5) is 13.5. The van der Waals surface area contributed by atoms with Crippen molar-refractivity contribution in [3.63, 3.8) is 0 Å². The summed E-state index contributed by atoms with van der Waals surface area (Å²) in [6.07, 6.45) is 0. The highest BCUT2D eigenvalue weighted by atomic mass is 32.2. The van der Waals surface area contributed by atoms with Gasteiger partial charge >= 0.3 is 0 Å². The molecule has 0 aliphatic carbocycles. The van der Waals surface area contributed by atoms with Gasteiger partial charge in [-0.15, -0.1) is 10.2 Å². The van der Waals surface area contributed by atoms with Gasteiger partial charge in [0.1, 0.15) is 11.0 Å². The topological polar surface area (TPSA) is 81.1 Å². The number of benzene rings is 3. The molecule has 0 fully saturated rings. The minimum atomic E-state index is -0.474. The van der Waals surface area contributed by atoms with Crippen molar-refractivity contribution in [3.05, 3.63) is 90.0 Å². The van der Waals surface area contributed by atoms with Crippen LogP contribution in [0, 0.1) is 6.92 Å². The molecule has 4 aromatic rings. The molecule has 0 radical (unpaired) electrons. The molecule has 0 spiro atoms. The minimum Gasteiger partial charge on any atom is -0.495 e. The van der Waals surface area contributed by atoms with E-state index in [1.165, 1.54) is 11.8 Å². The van der Waals surface area contributed by atoms with Crippen LogP contribution in [0.25, 0.3) is 11.4 Å². The molecule has 2 N–H and O–H groups in total. The Morgan fingerprint density at radius 3 is 2.48 bits per heavy atom. The molecular formula is C25H23N5O2S. The van der Waals surface area contributed by atoms with E-state index in [1.54, 1.807) is 7.11 Å². The van der Waals surface area contributed by atoms with Crippen molar-refractivity contribution in [3.8, 4) is 17.1 Å². The summed E-state index contributed by atoms with van der Waals surface area (Å²) in [5.74, 6) is 1.18. The second-order valence-corrected chi connectivity index (χ2v) is 8.86. The first-order valence-corrected chi connectivity index (χ1v) is 11.5. The van der Waals surface area contributed by atoms with E-state index in [2.05, 4.69) is 45.2 Å². The van der Waals surface area contributed by atoms with Crippen molar-refractivity contribution >= 4 is 23.4 Å². The number of aromatic nitrogens is 3. The summed E-state index contributed by atoms with van der Waals surface area (Å²) in [7, 11) is 1.59. The predicted octanol–water partition coefficient (Wildman–Crippen LogP) is 4.66. The number of methoxy groups -OCH3 is 1. The molecule has 1 aromatic heterocycles. The molecule has 0 unspecified atom stereocenters.